The lowest BCUT2D eigenvalue weighted by molar-refractivity contribution is 0.189. The number of nitrogens with one attached hydrogen (secondary N) is 1. The number of nitrogens with zero attached hydrogens (tertiary/aromatic N) is 3. The summed E-state index contributed by atoms with van der Waals surface area (Å²) in [6.07, 6.45) is 8.31. The van der Waals surface area contributed by atoms with E-state index >= 15 is 0 Å². The lowest BCUT2D eigenvalue weighted by atomic mass is 10.1. The molecule has 1 atom stereocenters. The zero-order chi connectivity index (χ0) is 20.1. The van der Waals surface area contributed by atoms with Crippen molar-refractivity contribution < 1.29 is 9.15 Å². The lowest BCUT2D eigenvalue weighted by Gasteiger charge is -2.30. The molecular formula is C23H26N4O2. The second-order valence-corrected chi connectivity index (χ2v) is 7.38. The van der Waals surface area contributed by atoms with Gasteiger partial charge >= 0.3 is 0 Å². The Morgan fingerprint density at radius 2 is 2.03 bits per heavy atom. The molecule has 3 heterocycles. The minimum atomic E-state index is 0.114. The van der Waals surface area contributed by atoms with Gasteiger partial charge in [-0.1, -0.05) is 25.0 Å². The summed E-state index contributed by atoms with van der Waals surface area (Å²) in [4.78, 5) is 6.94. The average Bonchev–Trinajstić information content (AvgIpc) is 3.16. The van der Waals surface area contributed by atoms with Crippen molar-refractivity contribution in [3.63, 3.8) is 0 Å². The van der Waals surface area contributed by atoms with Crippen molar-refractivity contribution in [1.29, 1.82) is 5.26 Å². The number of anilines is 1. The summed E-state index contributed by atoms with van der Waals surface area (Å²) in [6.45, 7) is 2.77. The van der Waals surface area contributed by atoms with E-state index in [9.17, 15) is 5.26 Å². The quantitative estimate of drug-likeness (QED) is 0.655. The summed E-state index contributed by atoms with van der Waals surface area (Å²) in [7, 11) is 1.63. The first-order chi connectivity index (χ1) is 14.3. The fraction of sp³-hybridized carbons (Fsp3) is 0.391. The van der Waals surface area contributed by atoms with Gasteiger partial charge in [-0.15, -0.1) is 0 Å². The molecule has 3 aromatic rings. The molecule has 0 radical (unpaired) electrons. The van der Waals surface area contributed by atoms with Gasteiger partial charge in [-0.25, -0.2) is 0 Å². The van der Waals surface area contributed by atoms with Crippen molar-refractivity contribution in [1.82, 2.24) is 9.88 Å². The number of aromatic nitrogens is 1. The normalized spacial score (nSPS) is 16.1. The number of methoxy groups -OCH3 is 1. The van der Waals surface area contributed by atoms with Crippen molar-refractivity contribution in [3.8, 4) is 11.8 Å². The van der Waals surface area contributed by atoms with Crippen LogP contribution >= 0.6 is 0 Å². The molecule has 0 spiro atoms. The van der Waals surface area contributed by atoms with Crippen LogP contribution in [0.3, 0.4) is 0 Å². The maximum absolute atomic E-state index is 9.65. The SMILES string of the molecule is COc1cccc2c(NCC(c3ccco3)N3CCCCCC3)c(C#N)cnc12. The molecule has 1 fully saturated rings. The van der Waals surface area contributed by atoms with Crippen LogP contribution in [0.2, 0.25) is 0 Å². The number of hydrogen-bond acceptors (Lipinski definition) is 6. The molecule has 150 valence electrons. The minimum Gasteiger partial charge on any atom is -0.494 e. The Morgan fingerprint density at radius 1 is 1.21 bits per heavy atom. The standard InChI is InChI=1S/C23H26N4O2/c1-28-21-9-6-8-18-22(17(14-24)15-25-23(18)21)26-16-19(20-10-7-13-29-20)27-11-4-2-3-5-12-27/h6-10,13,15,19H,2-5,11-12,16H2,1H3,(H,25,26). The molecule has 1 aliphatic heterocycles. The maximum atomic E-state index is 9.65. The van der Waals surface area contributed by atoms with Gasteiger partial charge in [0.05, 0.1) is 30.7 Å². The first kappa shape index (κ1) is 19.3. The number of nitriles is 1. The van der Waals surface area contributed by atoms with E-state index in [1.54, 1.807) is 19.6 Å². The van der Waals surface area contributed by atoms with Gasteiger partial charge in [-0.2, -0.15) is 5.26 Å². The van der Waals surface area contributed by atoms with Crippen LogP contribution in [0.1, 0.15) is 43.0 Å². The Labute approximate surface area is 171 Å². The Morgan fingerprint density at radius 3 is 2.72 bits per heavy atom. The maximum Gasteiger partial charge on any atom is 0.145 e. The highest BCUT2D eigenvalue weighted by atomic mass is 16.5. The third-order valence-electron chi connectivity index (χ3n) is 5.63. The van der Waals surface area contributed by atoms with Crippen molar-refractivity contribution >= 4 is 16.6 Å². The highest BCUT2D eigenvalue weighted by molar-refractivity contribution is 5.97. The molecule has 6 heteroatoms. The van der Waals surface area contributed by atoms with E-state index in [1.165, 1.54) is 25.7 Å². The van der Waals surface area contributed by atoms with Crippen LogP contribution in [0, 0.1) is 11.3 Å². The summed E-state index contributed by atoms with van der Waals surface area (Å²) in [6, 6.07) is 12.1. The first-order valence-corrected chi connectivity index (χ1v) is 10.2. The highest BCUT2D eigenvalue weighted by Crippen LogP contribution is 2.32. The number of furan rings is 1. The molecule has 1 aliphatic rings. The molecule has 2 aromatic heterocycles. The number of fused-ring (bicyclic) bond motifs is 1. The van der Waals surface area contributed by atoms with Gasteiger partial charge in [-0.3, -0.25) is 9.88 Å². The van der Waals surface area contributed by atoms with Crippen LogP contribution in [0.15, 0.2) is 47.2 Å². The predicted octanol–water partition coefficient (Wildman–Crippen LogP) is 4.74. The fourth-order valence-electron chi connectivity index (χ4n) is 4.13. The molecule has 0 aliphatic carbocycles. The van der Waals surface area contributed by atoms with Gasteiger partial charge in [0.2, 0.25) is 0 Å². The molecule has 1 saturated heterocycles. The van der Waals surface area contributed by atoms with E-state index in [0.717, 1.165) is 35.4 Å². The van der Waals surface area contributed by atoms with Gasteiger partial charge in [0.15, 0.2) is 0 Å². The fourth-order valence-corrected chi connectivity index (χ4v) is 4.13. The Kier molecular flexibility index (Phi) is 5.97. The zero-order valence-electron chi connectivity index (χ0n) is 16.7. The summed E-state index contributed by atoms with van der Waals surface area (Å²) in [5.41, 5.74) is 2.07. The second-order valence-electron chi connectivity index (χ2n) is 7.38. The number of likely N-dealkylation sites (tertiary alicyclic amines) is 1. The molecule has 1 unspecified atom stereocenters. The van der Waals surface area contributed by atoms with Gasteiger partial charge in [0.1, 0.15) is 23.1 Å². The Bertz CT molecular complexity index is 986. The molecule has 4 rings (SSSR count). The van der Waals surface area contributed by atoms with Crippen LogP contribution in [-0.2, 0) is 0 Å². The van der Waals surface area contributed by atoms with E-state index < -0.39 is 0 Å². The molecular weight excluding hydrogens is 364 g/mol. The number of benzene rings is 1. The lowest BCUT2D eigenvalue weighted by Crippen LogP contribution is -2.34. The number of ether oxygens (including phenoxy) is 1. The Hall–Kier alpha value is -3.04. The van der Waals surface area contributed by atoms with Gasteiger partial charge in [-0.05, 0) is 44.1 Å². The molecule has 29 heavy (non-hydrogen) atoms. The first-order valence-electron chi connectivity index (χ1n) is 10.2. The summed E-state index contributed by atoms with van der Waals surface area (Å²) >= 11 is 0. The molecule has 1 N–H and O–H groups in total. The van der Waals surface area contributed by atoms with Gasteiger partial charge in [0, 0.05) is 18.1 Å². The van der Waals surface area contributed by atoms with E-state index in [1.807, 2.05) is 30.3 Å². The van der Waals surface area contributed by atoms with Crippen LogP contribution in [0.25, 0.3) is 10.9 Å². The third-order valence-corrected chi connectivity index (χ3v) is 5.63. The van der Waals surface area contributed by atoms with E-state index in [4.69, 9.17) is 9.15 Å². The second kappa shape index (κ2) is 8.97. The van der Waals surface area contributed by atoms with Crippen LogP contribution < -0.4 is 10.1 Å². The van der Waals surface area contributed by atoms with Gasteiger partial charge < -0.3 is 14.5 Å². The molecule has 1 aromatic carbocycles. The van der Waals surface area contributed by atoms with Crippen molar-refractivity contribution in [3.05, 3.63) is 54.1 Å². The topological polar surface area (TPSA) is 74.3 Å². The van der Waals surface area contributed by atoms with E-state index in [-0.39, 0.29) is 6.04 Å². The largest absolute Gasteiger partial charge is 0.494 e. The predicted molar refractivity (Wildman–Crippen MR) is 113 cm³/mol. The third kappa shape index (κ3) is 4.06. The van der Waals surface area contributed by atoms with E-state index in [2.05, 4.69) is 21.3 Å². The van der Waals surface area contributed by atoms with Gasteiger partial charge in [0.25, 0.3) is 0 Å². The van der Waals surface area contributed by atoms with Crippen LogP contribution in [-0.4, -0.2) is 36.6 Å². The summed E-state index contributed by atoms with van der Waals surface area (Å²) in [5.74, 6) is 1.65. The van der Waals surface area contributed by atoms with Crippen LogP contribution in [0.5, 0.6) is 5.75 Å². The average molecular weight is 390 g/mol. The van der Waals surface area contributed by atoms with Crippen molar-refractivity contribution in [2.45, 2.75) is 31.7 Å². The van der Waals surface area contributed by atoms with E-state index in [0.29, 0.717) is 17.9 Å². The summed E-state index contributed by atoms with van der Waals surface area (Å²) < 4.78 is 11.2. The zero-order valence-corrected chi connectivity index (χ0v) is 16.7. The molecule has 0 amide bonds. The Balaban J connectivity index is 1.66. The highest BCUT2D eigenvalue weighted by Gasteiger charge is 2.24. The number of pyridine rings is 1. The number of hydrogen-bond donors (Lipinski definition) is 1. The number of rotatable bonds is 6. The van der Waals surface area contributed by atoms with Crippen molar-refractivity contribution in [2.75, 3.05) is 32.1 Å². The number of para-hydroxylation sites is 1. The van der Waals surface area contributed by atoms with Crippen molar-refractivity contribution in [2.24, 2.45) is 0 Å². The smallest absolute Gasteiger partial charge is 0.145 e. The van der Waals surface area contributed by atoms with Crippen LogP contribution in [0.4, 0.5) is 5.69 Å². The molecule has 0 saturated carbocycles. The monoisotopic (exact) mass is 390 g/mol. The minimum absolute atomic E-state index is 0.114. The molecule has 6 nitrogen and oxygen atoms in total. The summed E-state index contributed by atoms with van der Waals surface area (Å²) in [5, 5.41) is 14.1. The molecule has 0 bridgehead atoms.